The molecule has 0 unspecified atom stereocenters. The number of hydrogen-bond donors (Lipinski definition) is 1. The van der Waals surface area contributed by atoms with Gasteiger partial charge in [0.25, 0.3) is 0 Å². The molecule has 0 aliphatic heterocycles. The zero-order valence-electron chi connectivity index (χ0n) is 11.8. The number of pyridine rings is 1. The van der Waals surface area contributed by atoms with Crippen LogP contribution in [0.4, 0.5) is 0 Å². The van der Waals surface area contributed by atoms with Gasteiger partial charge in [-0.3, -0.25) is 9.78 Å². The Bertz CT molecular complexity index is 654. The molecule has 0 saturated carbocycles. The van der Waals surface area contributed by atoms with Crippen molar-refractivity contribution in [3.05, 3.63) is 71.0 Å². The van der Waals surface area contributed by atoms with Gasteiger partial charge in [0.05, 0.1) is 6.04 Å². The monoisotopic (exact) mass is 314 g/mol. The molecule has 0 aliphatic carbocycles. The van der Waals surface area contributed by atoms with Crippen LogP contribution in [0.2, 0.25) is 5.02 Å². The van der Waals surface area contributed by atoms with E-state index >= 15 is 0 Å². The zero-order valence-corrected chi connectivity index (χ0v) is 12.5. The van der Waals surface area contributed by atoms with Crippen molar-refractivity contribution in [2.45, 2.75) is 12.5 Å². The lowest BCUT2D eigenvalue weighted by Gasteiger charge is -2.10. The molecule has 22 heavy (non-hydrogen) atoms. The molecule has 0 bridgehead atoms. The van der Waals surface area contributed by atoms with Gasteiger partial charge in [-0.15, -0.1) is 0 Å². The SMILES string of the molecule is O=C[C@H](Cc1ccccn1)NC(=O)/C=C/c1ccc(Cl)cc1. The molecule has 0 aliphatic rings. The number of carbonyl (C=O) groups excluding carboxylic acids is 2. The van der Waals surface area contributed by atoms with Gasteiger partial charge in [-0.1, -0.05) is 29.8 Å². The van der Waals surface area contributed by atoms with E-state index in [9.17, 15) is 9.59 Å². The Morgan fingerprint density at radius 2 is 2.00 bits per heavy atom. The molecule has 0 spiro atoms. The molecule has 0 saturated heterocycles. The molecule has 1 heterocycles. The van der Waals surface area contributed by atoms with E-state index in [4.69, 9.17) is 11.6 Å². The van der Waals surface area contributed by atoms with Crippen LogP contribution in [0, 0.1) is 0 Å². The summed E-state index contributed by atoms with van der Waals surface area (Å²) in [6.45, 7) is 0. The lowest BCUT2D eigenvalue weighted by atomic mass is 10.1. The fraction of sp³-hybridized carbons (Fsp3) is 0.118. The predicted octanol–water partition coefficient (Wildman–Crippen LogP) is 2.67. The summed E-state index contributed by atoms with van der Waals surface area (Å²) in [4.78, 5) is 27.0. The summed E-state index contributed by atoms with van der Waals surface area (Å²) < 4.78 is 0. The maximum Gasteiger partial charge on any atom is 0.244 e. The van der Waals surface area contributed by atoms with E-state index in [0.717, 1.165) is 11.3 Å². The summed E-state index contributed by atoms with van der Waals surface area (Å²) in [5.74, 6) is -0.331. The highest BCUT2D eigenvalue weighted by molar-refractivity contribution is 6.30. The zero-order chi connectivity index (χ0) is 15.8. The first kappa shape index (κ1) is 15.9. The molecule has 0 fully saturated rings. The van der Waals surface area contributed by atoms with Crippen LogP contribution in [0.3, 0.4) is 0 Å². The van der Waals surface area contributed by atoms with Gasteiger partial charge in [-0.2, -0.15) is 0 Å². The number of halogens is 1. The van der Waals surface area contributed by atoms with Crippen molar-refractivity contribution in [2.24, 2.45) is 0 Å². The molecule has 0 radical (unpaired) electrons. The minimum Gasteiger partial charge on any atom is -0.343 e. The fourth-order valence-corrected chi connectivity index (χ4v) is 1.98. The average Bonchev–Trinajstić information content (AvgIpc) is 2.54. The molecule has 112 valence electrons. The van der Waals surface area contributed by atoms with Crippen LogP contribution in [0.15, 0.2) is 54.7 Å². The molecule has 1 atom stereocenters. The molecule has 1 N–H and O–H groups in total. The van der Waals surface area contributed by atoms with E-state index in [1.54, 1.807) is 42.6 Å². The van der Waals surface area contributed by atoms with Gasteiger partial charge in [-0.05, 0) is 35.9 Å². The quantitative estimate of drug-likeness (QED) is 0.659. The summed E-state index contributed by atoms with van der Waals surface area (Å²) in [5, 5.41) is 3.27. The van der Waals surface area contributed by atoms with Crippen LogP contribution >= 0.6 is 11.6 Å². The van der Waals surface area contributed by atoms with Crippen molar-refractivity contribution < 1.29 is 9.59 Å². The van der Waals surface area contributed by atoms with Gasteiger partial charge >= 0.3 is 0 Å². The fourth-order valence-electron chi connectivity index (χ4n) is 1.85. The van der Waals surface area contributed by atoms with Crippen LogP contribution in [0.25, 0.3) is 6.08 Å². The number of hydrogen-bond acceptors (Lipinski definition) is 3. The Hall–Kier alpha value is -2.46. The molecular weight excluding hydrogens is 300 g/mol. The van der Waals surface area contributed by atoms with Gasteiger partial charge in [0.1, 0.15) is 6.29 Å². The Kier molecular flexibility index (Phi) is 5.86. The molecule has 1 amide bonds. The standard InChI is InChI=1S/C17H15ClN2O2/c18-14-7-4-13(5-8-14)6-9-17(22)20-16(12-21)11-15-3-1-2-10-19-15/h1-10,12,16H,11H2,(H,20,22)/b9-6+/t16-/m0/s1. The maximum absolute atomic E-state index is 11.8. The van der Waals surface area contributed by atoms with E-state index in [1.165, 1.54) is 6.08 Å². The number of aldehydes is 1. The highest BCUT2D eigenvalue weighted by atomic mass is 35.5. The second-order valence-corrected chi connectivity index (χ2v) is 5.10. The summed E-state index contributed by atoms with van der Waals surface area (Å²) in [7, 11) is 0. The van der Waals surface area contributed by atoms with Crippen molar-refractivity contribution in [1.29, 1.82) is 0 Å². The predicted molar refractivity (Wildman–Crippen MR) is 86.4 cm³/mol. The van der Waals surface area contributed by atoms with Crippen LogP contribution in [-0.2, 0) is 16.0 Å². The van der Waals surface area contributed by atoms with E-state index in [0.29, 0.717) is 17.7 Å². The van der Waals surface area contributed by atoms with Gasteiger partial charge in [-0.25, -0.2) is 0 Å². The number of carbonyl (C=O) groups is 2. The average molecular weight is 315 g/mol. The molecule has 4 nitrogen and oxygen atoms in total. The van der Waals surface area contributed by atoms with Crippen LogP contribution < -0.4 is 5.32 Å². The van der Waals surface area contributed by atoms with Crippen LogP contribution in [0.1, 0.15) is 11.3 Å². The summed E-state index contributed by atoms with van der Waals surface area (Å²) in [6.07, 6.45) is 5.78. The Labute approximate surface area is 133 Å². The van der Waals surface area contributed by atoms with Crippen molar-refractivity contribution in [3.8, 4) is 0 Å². The number of aromatic nitrogens is 1. The highest BCUT2D eigenvalue weighted by Crippen LogP contribution is 2.10. The molecule has 1 aromatic heterocycles. The first-order valence-corrected chi connectivity index (χ1v) is 7.14. The molecule has 1 aromatic carbocycles. The topological polar surface area (TPSA) is 59.1 Å². The normalized spacial score (nSPS) is 12.0. The summed E-state index contributed by atoms with van der Waals surface area (Å²) in [5.41, 5.74) is 1.61. The summed E-state index contributed by atoms with van der Waals surface area (Å²) in [6, 6.07) is 11.9. The number of amides is 1. The third kappa shape index (κ3) is 5.14. The smallest absolute Gasteiger partial charge is 0.244 e. The van der Waals surface area contributed by atoms with Crippen molar-refractivity contribution >= 4 is 29.9 Å². The minimum atomic E-state index is -0.600. The largest absolute Gasteiger partial charge is 0.343 e. The maximum atomic E-state index is 11.8. The number of nitrogens with zero attached hydrogens (tertiary/aromatic N) is 1. The summed E-state index contributed by atoms with van der Waals surface area (Å²) >= 11 is 5.79. The van der Waals surface area contributed by atoms with E-state index in [-0.39, 0.29) is 5.91 Å². The Morgan fingerprint density at radius 3 is 2.64 bits per heavy atom. The van der Waals surface area contributed by atoms with E-state index in [1.807, 2.05) is 12.1 Å². The molecular formula is C17H15ClN2O2. The van der Waals surface area contributed by atoms with E-state index in [2.05, 4.69) is 10.3 Å². The van der Waals surface area contributed by atoms with Gasteiger partial charge < -0.3 is 10.1 Å². The molecule has 2 rings (SSSR count). The third-order valence-electron chi connectivity index (χ3n) is 2.94. The van der Waals surface area contributed by atoms with Crippen LogP contribution in [0.5, 0.6) is 0 Å². The molecule has 5 heteroatoms. The Morgan fingerprint density at radius 1 is 1.23 bits per heavy atom. The van der Waals surface area contributed by atoms with Crippen LogP contribution in [-0.4, -0.2) is 23.2 Å². The first-order valence-electron chi connectivity index (χ1n) is 6.77. The highest BCUT2D eigenvalue weighted by Gasteiger charge is 2.10. The van der Waals surface area contributed by atoms with Crippen molar-refractivity contribution in [3.63, 3.8) is 0 Å². The number of rotatable bonds is 6. The van der Waals surface area contributed by atoms with Crippen molar-refractivity contribution in [2.75, 3.05) is 0 Å². The third-order valence-corrected chi connectivity index (χ3v) is 3.20. The first-order chi connectivity index (χ1) is 10.7. The lowest BCUT2D eigenvalue weighted by Crippen LogP contribution is -2.36. The van der Waals surface area contributed by atoms with Gasteiger partial charge in [0.15, 0.2) is 0 Å². The van der Waals surface area contributed by atoms with Gasteiger partial charge in [0.2, 0.25) is 5.91 Å². The van der Waals surface area contributed by atoms with E-state index < -0.39 is 6.04 Å². The number of nitrogens with one attached hydrogen (secondary N) is 1. The second kappa shape index (κ2) is 8.10. The van der Waals surface area contributed by atoms with Gasteiger partial charge in [0, 0.05) is 29.4 Å². The Balaban J connectivity index is 1.91. The minimum absolute atomic E-state index is 0.331. The lowest BCUT2D eigenvalue weighted by molar-refractivity contribution is -0.120. The van der Waals surface area contributed by atoms with Crippen molar-refractivity contribution in [1.82, 2.24) is 10.3 Å². The second-order valence-electron chi connectivity index (χ2n) is 4.66. The number of benzene rings is 1. The molecule has 2 aromatic rings.